The highest BCUT2D eigenvalue weighted by molar-refractivity contribution is 9.10. The smallest absolute Gasteiger partial charge is 0.261 e. The number of nitrogens with one attached hydrogen (secondary N) is 1. The van der Waals surface area contributed by atoms with Gasteiger partial charge in [0.15, 0.2) is 6.61 Å². The van der Waals surface area contributed by atoms with Crippen molar-refractivity contribution in [2.75, 3.05) is 6.61 Å². The normalized spacial score (nSPS) is 11.8. The Labute approximate surface area is 185 Å². The van der Waals surface area contributed by atoms with Crippen molar-refractivity contribution in [3.05, 3.63) is 63.1 Å². The molecule has 2 aromatic rings. The van der Waals surface area contributed by atoms with E-state index in [-0.39, 0.29) is 24.5 Å². The van der Waals surface area contributed by atoms with E-state index in [2.05, 4.69) is 21.2 Å². The monoisotopic (exact) mass is 480 g/mol. The summed E-state index contributed by atoms with van der Waals surface area (Å²) in [6.07, 6.45) is 0. The lowest BCUT2D eigenvalue weighted by atomic mass is 10.1. The molecule has 0 radical (unpaired) electrons. The molecule has 156 valence electrons. The molecular weight excluding hydrogens is 456 g/mol. The first-order valence-corrected chi connectivity index (χ1v) is 10.6. The van der Waals surface area contributed by atoms with Crippen LogP contribution < -0.4 is 10.1 Å². The quantitative estimate of drug-likeness (QED) is 0.593. The van der Waals surface area contributed by atoms with E-state index in [0.717, 1.165) is 11.1 Å². The van der Waals surface area contributed by atoms with E-state index in [1.165, 1.54) is 4.90 Å². The van der Waals surface area contributed by atoms with Crippen LogP contribution in [0.2, 0.25) is 5.02 Å². The van der Waals surface area contributed by atoms with Crippen molar-refractivity contribution in [2.24, 2.45) is 0 Å². The lowest BCUT2D eigenvalue weighted by Gasteiger charge is -2.29. The van der Waals surface area contributed by atoms with Crippen molar-refractivity contribution in [3.63, 3.8) is 0 Å². The van der Waals surface area contributed by atoms with Crippen molar-refractivity contribution in [3.8, 4) is 5.75 Å². The molecule has 2 aromatic carbocycles. The highest BCUT2D eigenvalue weighted by Crippen LogP contribution is 2.28. The Morgan fingerprint density at radius 2 is 1.79 bits per heavy atom. The van der Waals surface area contributed by atoms with E-state index in [0.29, 0.717) is 21.8 Å². The minimum absolute atomic E-state index is 0.0115. The molecule has 2 amide bonds. The molecule has 5 nitrogen and oxygen atoms in total. The van der Waals surface area contributed by atoms with Gasteiger partial charge in [-0.05, 0) is 67.4 Å². The van der Waals surface area contributed by atoms with Gasteiger partial charge < -0.3 is 15.0 Å². The molecule has 0 fully saturated rings. The van der Waals surface area contributed by atoms with Gasteiger partial charge in [0.2, 0.25) is 5.91 Å². The summed E-state index contributed by atoms with van der Waals surface area (Å²) in [5.41, 5.74) is 2.08. The van der Waals surface area contributed by atoms with E-state index >= 15 is 0 Å². The largest absolute Gasteiger partial charge is 0.483 e. The van der Waals surface area contributed by atoms with Gasteiger partial charge in [0.05, 0.1) is 4.47 Å². The van der Waals surface area contributed by atoms with E-state index in [1.54, 1.807) is 25.1 Å². The number of amides is 2. The third kappa shape index (κ3) is 7.05. The fourth-order valence-corrected chi connectivity index (χ4v) is 3.49. The molecule has 0 unspecified atom stereocenters. The zero-order valence-corrected chi connectivity index (χ0v) is 19.4. The molecule has 1 atom stereocenters. The Balaban J connectivity index is 2.16. The van der Waals surface area contributed by atoms with Crippen LogP contribution in [0.3, 0.4) is 0 Å². The van der Waals surface area contributed by atoms with Gasteiger partial charge in [0.25, 0.3) is 5.91 Å². The molecular formula is C22H26BrClN2O3. The first-order chi connectivity index (χ1) is 13.7. The minimum atomic E-state index is -0.636. The number of aryl methyl sites for hydroxylation is 1. The van der Waals surface area contributed by atoms with Crippen LogP contribution in [0.25, 0.3) is 0 Å². The fraction of sp³-hybridized carbons (Fsp3) is 0.364. The first-order valence-electron chi connectivity index (χ1n) is 9.40. The van der Waals surface area contributed by atoms with E-state index in [4.69, 9.17) is 16.3 Å². The van der Waals surface area contributed by atoms with Gasteiger partial charge in [0.1, 0.15) is 11.8 Å². The maximum absolute atomic E-state index is 13.0. The van der Waals surface area contributed by atoms with Crippen LogP contribution in [0.4, 0.5) is 0 Å². The minimum Gasteiger partial charge on any atom is -0.483 e. The number of carbonyl (C=O) groups is 2. The van der Waals surface area contributed by atoms with Crippen molar-refractivity contribution in [1.82, 2.24) is 10.2 Å². The van der Waals surface area contributed by atoms with Gasteiger partial charge in [-0.25, -0.2) is 0 Å². The molecule has 1 N–H and O–H groups in total. The Morgan fingerprint density at radius 3 is 2.38 bits per heavy atom. The second-order valence-corrected chi connectivity index (χ2v) is 8.50. The lowest BCUT2D eigenvalue weighted by Crippen LogP contribution is -2.50. The zero-order valence-electron chi connectivity index (χ0n) is 17.0. The summed E-state index contributed by atoms with van der Waals surface area (Å²) in [6, 6.07) is 12.3. The first kappa shape index (κ1) is 23.2. The van der Waals surface area contributed by atoms with Gasteiger partial charge in [-0.3, -0.25) is 9.59 Å². The van der Waals surface area contributed by atoms with Gasteiger partial charge in [-0.1, -0.05) is 41.4 Å². The number of ether oxygens (including phenoxy) is 1. The van der Waals surface area contributed by atoms with Crippen molar-refractivity contribution >= 4 is 39.3 Å². The van der Waals surface area contributed by atoms with Crippen molar-refractivity contribution in [1.29, 1.82) is 0 Å². The predicted molar refractivity (Wildman–Crippen MR) is 119 cm³/mol. The molecule has 0 bridgehead atoms. The molecule has 0 spiro atoms. The summed E-state index contributed by atoms with van der Waals surface area (Å²) in [5.74, 6) is 0.0317. The van der Waals surface area contributed by atoms with Gasteiger partial charge in [-0.15, -0.1) is 0 Å². The van der Waals surface area contributed by atoms with Crippen LogP contribution in [-0.2, 0) is 16.1 Å². The van der Waals surface area contributed by atoms with E-state index < -0.39 is 6.04 Å². The Morgan fingerprint density at radius 1 is 1.14 bits per heavy atom. The van der Waals surface area contributed by atoms with E-state index in [9.17, 15) is 9.59 Å². The fourth-order valence-electron chi connectivity index (χ4n) is 2.69. The lowest BCUT2D eigenvalue weighted by molar-refractivity contribution is -0.142. The number of rotatable bonds is 8. The van der Waals surface area contributed by atoms with Gasteiger partial charge >= 0.3 is 0 Å². The van der Waals surface area contributed by atoms with Crippen molar-refractivity contribution in [2.45, 2.75) is 46.3 Å². The average molecular weight is 482 g/mol. The number of benzene rings is 2. The molecule has 0 heterocycles. The average Bonchev–Trinajstić information content (AvgIpc) is 2.65. The van der Waals surface area contributed by atoms with Crippen LogP contribution in [0.1, 0.15) is 31.9 Å². The number of halogens is 2. The number of nitrogens with zero attached hydrogens (tertiary/aromatic N) is 1. The standard InChI is InChI=1S/C22H26BrClN2O3/c1-14(2)25-22(28)16(4)26(12-17-7-5-15(3)6-8-17)21(27)13-29-20-10-9-18(24)11-19(20)23/h5-11,14,16H,12-13H2,1-4H3,(H,25,28)/t16-/m1/s1. The predicted octanol–water partition coefficient (Wildman–Crippen LogP) is 4.73. The Bertz CT molecular complexity index is 856. The summed E-state index contributed by atoms with van der Waals surface area (Å²) in [5, 5.41) is 3.43. The summed E-state index contributed by atoms with van der Waals surface area (Å²) in [4.78, 5) is 27.1. The second-order valence-electron chi connectivity index (χ2n) is 7.21. The van der Waals surface area contributed by atoms with Crippen molar-refractivity contribution < 1.29 is 14.3 Å². The molecule has 0 aromatic heterocycles. The highest BCUT2D eigenvalue weighted by Gasteiger charge is 2.27. The van der Waals surface area contributed by atoms with Crippen LogP contribution in [0.15, 0.2) is 46.9 Å². The van der Waals surface area contributed by atoms with Crippen LogP contribution >= 0.6 is 27.5 Å². The number of hydrogen-bond acceptors (Lipinski definition) is 3. The third-order valence-corrected chi connectivity index (χ3v) is 5.17. The molecule has 0 saturated carbocycles. The topological polar surface area (TPSA) is 58.6 Å². The van der Waals surface area contributed by atoms with Crippen LogP contribution in [0, 0.1) is 6.92 Å². The highest BCUT2D eigenvalue weighted by atomic mass is 79.9. The molecule has 0 aliphatic rings. The molecule has 0 aliphatic carbocycles. The zero-order chi connectivity index (χ0) is 21.6. The van der Waals surface area contributed by atoms with Crippen LogP contribution in [0.5, 0.6) is 5.75 Å². The van der Waals surface area contributed by atoms with E-state index in [1.807, 2.05) is 45.0 Å². The number of carbonyl (C=O) groups excluding carboxylic acids is 2. The van der Waals surface area contributed by atoms with Gasteiger partial charge in [-0.2, -0.15) is 0 Å². The SMILES string of the molecule is Cc1ccc(CN(C(=O)COc2ccc(Cl)cc2Br)[C@H](C)C(=O)NC(C)C)cc1. The summed E-state index contributed by atoms with van der Waals surface area (Å²) in [7, 11) is 0. The Kier molecular flexibility index (Phi) is 8.53. The Hall–Kier alpha value is -2.05. The summed E-state index contributed by atoms with van der Waals surface area (Å²) in [6.45, 7) is 7.63. The summed E-state index contributed by atoms with van der Waals surface area (Å²) >= 11 is 9.32. The van der Waals surface area contributed by atoms with Crippen LogP contribution in [-0.4, -0.2) is 35.4 Å². The molecule has 2 rings (SSSR count). The maximum Gasteiger partial charge on any atom is 0.261 e. The maximum atomic E-state index is 13.0. The third-order valence-electron chi connectivity index (χ3n) is 4.32. The molecule has 29 heavy (non-hydrogen) atoms. The molecule has 0 saturated heterocycles. The second kappa shape index (κ2) is 10.6. The molecule has 0 aliphatic heterocycles. The summed E-state index contributed by atoms with van der Waals surface area (Å²) < 4.78 is 6.33. The molecule has 7 heteroatoms. The van der Waals surface area contributed by atoms with Gasteiger partial charge in [0, 0.05) is 17.6 Å². The number of hydrogen-bond donors (Lipinski definition) is 1.